The summed E-state index contributed by atoms with van der Waals surface area (Å²) in [7, 11) is 2.20. The van der Waals surface area contributed by atoms with E-state index in [0.717, 1.165) is 0 Å². The van der Waals surface area contributed by atoms with Crippen LogP contribution in [0.2, 0.25) is 0 Å². The minimum atomic E-state index is -1.00. The monoisotopic (exact) mass is 413 g/mol. The highest BCUT2D eigenvalue weighted by atomic mass is 31.0. The van der Waals surface area contributed by atoms with Gasteiger partial charge >= 0.3 is 0 Å². The summed E-state index contributed by atoms with van der Waals surface area (Å²) in [5.41, 5.74) is 0.408. The molecule has 156 valence electrons. The fourth-order valence-electron chi connectivity index (χ4n) is 2.36. The second-order valence-corrected chi connectivity index (χ2v) is 7.12. The van der Waals surface area contributed by atoms with Gasteiger partial charge in [0.15, 0.2) is 11.6 Å². The molecule has 0 radical (unpaired) electrons. The fraction of sp³-hybridized carbons (Fsp3) is 0.550. The standard InChI is InChI=1S/C13H12FN3O2.C5H12FP.C2H6/c1-8(18)12-15-13-11(19-7-6-17(13)16-12)9-4-2-3-5-10(9)14;1-3-5(6,7)4-2;1-2/h2-5,11H,6-7H2,1H3;3-4,7H2,1-2H3;1-2H3. The summed E-state index contributed by atoms with van der Waals surface area (Å²) in [6, 6.07) is 6.38. The second-order valence-electron chi connectivity index (χ2n) is 6.09. The van der Waals surface area contributed by atoms with Gasteiger partial charge in [-0.2, -0.15) is 0 Å². The molecule has 0 N–H and O–H groups in total. The van der Waals surface area contributed by atoms with E-state index in [9.17, 15) is 13.6 Å². The van der Waals surface area contributed by atoms with E-state index in [1.54, 1.807) is 22.9 Å². The zero-order valence-corrected chi connectivity index (χ0v) is 18.4. The maximum Gasteiger partial charge on any atom is 0.217 e. The third kappa shape index (κ3) is 6.42. The first-order valence-corrected chi connectivity index (χ1v) is 10.2. The van der Waals surface area contributed by atoms with E-state index >= 15 is 0 Å². The van der Waals surface area contributed by atoms with E-state index in [4.69, 9.17) is 4.74 Å². The molecule has 0 saturated heterocycles. The Hall–Kier alpha value is -1.72. The highest BCUT2D eigenvalue weighted by Gasteiger charge is 2.29. The topological polar surface area (TPSA) is 57.0 Å². The number of fused-ring (bicyclic) bond motifs is 1. The Morgan fingerprint density at radius 3 is 2.43 bits per heavy atom. The molecule has 0 bridgehead atoms. The molecule has 0 fully saturated rings. The van der Waals surface area contributed by atoms with Crippen molar-refractivity contribution in [3.63, 3.8) is 0 Å². The molecule has 1 aromatic heterocycles. The van der Waals surface area contributed by atoms with E-state index in [2.05, 4.69) is 19.3 Å². The molecule has 0 spiro atoms. The van der Waals surface area contributed by atoms with E-state index in [-0.39, 0.29) is 17.4 Å². The molecule has 0 amide bonds. The van der Waals surface area contributed by atoms with Crippen LogP contribution in [-0.2, 0) is 11.3 Å². The van der Waals surface area contributed by atoms with Gasteiger partial charge in [-0.1, -0.05) is 55.1 Å². The number of hydrogen-bond acceptors (Lipinski definition) is 4. The van der Waals surface area contributed by atoms with E-state index in [0.29, 0.717) is 37.4 Å². The van der Waals surface area contributed by atoms with Gasteiger partial charge in [0.2, 0.25) is 5.82 Å². The molecular formula is C20H30F2N3O2P. The van der Waals surface area contributed by atoms with Gasteiger partial charge in [0, 0.05) is 12.5 Å². The molecule has 1 aliphatic rings. The quantitative estimate of drug-likeness (QED) is 0.516. The van der Waals surface area contributed by atoms with Crippen molar-refractivity contribution >= 4 is 15.0 Å². The van der Waals surface area contributed by atoms with Crippen LogP contribution in [0, 0.1) is 5.82 Å². The number of alkyl halides is 1. The largest absolute Gasteiger partial charge is 0.363 e. The van der Waals surface area contributed by atoms with Gasteiger partial charge < -0.3 is 4.74 Å². The van der Waals surface area contributed by atoms with Crippen LogP contribution in [0.3, 0.4) is 0 Å². The minimum Gasteiger partial charge on any atom is -0.363 e. The van der Waals surface area contributed by atoms with Crippen LogP contribution in [-0.4, -0.2) is 32.6 Å². The summed E-state index contributed by atoms with van der Waals surface area (Å²) < 4.78 is 33.5. The highest BCUT2D eigenvalue weighted by molar-refractivity contribution is 7.18. The molecule has 3 rings (SSSR count). The van der Waals surface area contributed by atoms with Crippen molar-refractivity contribution in [2.75, 3.05) is 6.61 Å². The molecule has 2 atom stereocenters. The smallest absolute Gasteiger partial charge is 0.217 e. The number of rotatable bonds is 4. The highest BCUT2D eigenvalue weighted by Crippen LogP contribution is 2.29. The van der Waals surface area contributed by atoms with Crippen molar-refractivity contribution in [2.45, 2.75) is 65.5 Å². The van der Waals surface area contributed by atoms with Crippen molar-refractivity contribution in [1.82, 2.24) is 14.8 Å². The van der Waals surface area contributed by atoms with Crippen LogP contribution in [0.25, 0.3) is 0 Å². The predicted molar refractivity (Wildman–Crippen MR) is 110 cm³/mol. The molecule has 2 heterocycles. The molecule has 1 aromatic carbocycles. The van der Waals surface area contributed by atoms with Gasteiger partial charge in [-0.25, -0.2) is 18.4 Å². The van der Waals surface area contributed by atoms with Crippen LogP contribution in [0.4, 0.5) is 8.78 Å². The average molecular weight is 413 g/mol. The van der Waals surface area contributed by atoms with Crippen molar-refractivity contribution in [1.29, 1.82) is 0 Å². The molecule has 0 aliphatic carbocycles. The summed E-state index contributed by atoms with van der Waals surface area (Å²) >= 11 is 0. The summed E-state index contributed by atoms with van der Waals surface area (Å²) in [6.07, 6.45) is 0.568. The summed E-state index contributed by atoms with van der Waals surface area (Å²) in [5, 5.41) is 3.11. The Balaban J connectivity index is 0.000000372. The number of carbonyl (C=O) groups is 1. The van der Waals surface area contributed by atoms with Crippen LogP contribution in [0.5, 0.6) is 0 Å². The third-order valence-electron chi connectivity index (χ3n) is 4.20. The Labute approximate surface area is 168 Å². The van der Waals surface area contributed by atoms with Gasteiger partial charge in [0.05, 0.1) is 13.2 Å². The van der Waals surface area contributed by atoms with Gasteiger partial charge in [-0.3, -0.25) is 4.79 Å². The maximum atomic E-state index is 13.8. The zero-order valence-electron chi connectivity index (χ0n) is 17.2. The molecular weight excluding hydrogens is 383 g/mol. The van der Waals surface area contributed by atoms with Crippen LogP contribution in [0.1, 0.15) is 75.6 Å². The Morgan fingerprint density at radius 2 is 1.93 bits per heavy atom. The number of hydrogen-bond donors (Lipinski definition) is 0. The summed E-state index contributed by atoms with van der Waals surface area (Å²) in [5.74, 6) is 0.0471. The van der Waals surface area contributed by atoms with Crippen LogP contribution >= 0.6 is 9.24 Å². The van der Waals surface area contributed by atoms with Crippen molar-refractivity contribution in [3.8, 4) is 0 Å². The molecule has 2 unspecified atom stereocenters. The first-order chi connectivity index (χ1) is 13.3. The molecule has 0 saturated carbocycles. The molecule has 8 heteroatoms. The number of carbonyl (C=O) groups excluding carboxylic acids is 1. The number of ketones is 1. The first-order valence-electron chi connectivity index (χ1n) is 9.58. The number of aromatic nitrogens is 3. The number of ether oxygens (including phenoxy) is 1. The average Bonchev–Trinajstić information content (AvgIpc) is 3.15. The van der Waals surface area contributed by atoms with E-state index in [1.807, 2.05) is 27.7 Å². The summed E-state index contributed by atoms with van der Waals surface area (Å²) in [6.45, 7) is 10.0. The lowest BCUT2D eigenvalue weighted by molar-refractivity contribution is 0.0369. The van der Waals surface area contributed by atoms with Crippen molar-refractivity contribution in [3.05, 3.63) is 47.3 Å². The van der Waals surface area contributed by atoms with Crippen LogP contribution < -0.4 is 0 Å². The Bertz CT molecular complexity index is 760. The van der Waals surface area contributed by atoms with Gasteiger partial charge in [0.1, 0.15) is 17.3 Å². The lowest BCUT2D eigenvalue weighted by Gasteiger charge is -2.23. The number of nitrogens with zero attached hydrogens (tertiary/aromatic N) is 3. The Kier molecular flexibility index (Phi) is 9.83. The SMILES string of the molecule is CC.CC(=O)c1nc2n(n1)CCOC2c1ccccc1F.CCC(F)(P)CC. The minimum absolute atomic E-state index is 0.141. The number of halogens is 2. The molecule has 5 nitrogen and oxygen atoms in total. The van der Waals surface area contributed by atoms with Gasteiger partial charge in [-0.15, -0.1) is 5.10 Å². The van der Waals surface area contributed by atoms with E-state index < -0.39 is 11.5 Å². The van der Waals surface area contributed by atoms with Gasteiger partial charge in [0.25, 0.3) is 0 Å². The normalized spacial score (nSPS) is 15.5. The maximum absolute atomic E-state index is 13.8. The van der Waals surface area contributed by atoms with Crippen molar-refractivity contribution < 1.29 is 18.3 Å². The van der Waals surface area contributed by atoms with Crippen molar-refractivity contribution in [2.24, 2.45) is 0 Å². The van der Waals surface area contributed by atoms with E-state index in [1.165, 1.54) is 13.0 Å². The molecule has 2 aromatic rings. The predicted octanol–water partition coefficient (Wildman–Crippen LogP) is 5.11. The Morgan fingerprint density at radius 1 is 1.32 bits per heavy atom. The van der Waals surface area contributed by atoms with Crippen LogP contribution in [0.15, 0.2) is 24.3 Å². The molecule has 1 aliphatic heterocycles. The first kappa shape index (κ1) is 24.3. The summed E-state index contributed by atoms with van der Waals surface area (Å²) in [4.78, 5) is 15.5. The lowest BCUT2D eigenvalue weighted by Crippen LogP contribution is -2.24. The van der Waals surface area contributed by atoms with Gasteiger partial charge in [-0.05, 0) is 18.9 Å². The zero-order chi connectivity index (χ0) is 21.3. The fourth-order valence-corrected chi connectivity index (χ4v) is 2.36. The second kappa shape index (κ2) is 11.3. The lowest BCUT2D eigenvalue weighted by atomic mass is 10.1. The molecule has 28 heavy (non-hydrogen) atoms. The number of benzene rings is 1. The third-order valence-corrected chi connectivity index (χ3v) is 5.02. The number of Topliss-reactive ketones (excluding diaryl/α,β-unsaturated/α-hetero) is 1.